The summed E-state index contributed by atoms with van der Waals surface area (Å²) in [7, 11) is 1.51. The van der Waals surface area contributed by atoms with Crippen molar-refractivity contribution in [2.75, 3.05) is 35.8 Å². The quantitative estimate of drug-likeness (QED) is 0.368. The molecule has 2 aromatic rings. The van der Waals surface area contributed by atoms with E-state index in [1.807, 2.05) is 0 Å². The maximum atomic E-state index is 13.7. The summed E-state index contributed by atoms with van der Waals surface area (Å²) < 4.78 is 76.3. The van der Waals surface area contributed by atoms with Gasteiger partial charge in [-0.15, -0.1) is 0 Å². The number of hydrogen-bond acceptors (Lipinski definition) is 8. The van der Waals surface area contributed by atoms with Gasteiger partial charge in [0.25, 0.3) is 5.92 Å². The molecule has 0 saturated carbocycles. The third-order valence-corrected chi connectivity index (χ3v) is 4.88. The molecule has 1 aliphatic heterocycles. The number of alkyl halides is 5. The number of anilines is 3. The Morgan fingerprint density at radius 3 is 2.41 bits per heavy atom. The Bertz CT molecular complexity index is 941. The van der Waals surface area contributed by atoms with Crippen molar-refractivity contribution in [3.05, 3.63) is 29.8 Å². The summed E-state index contributed by atoms with van der Waals surface area (Å²) in [6.45, 7) is 0.0612. The van der Waals surface area contributed by atoms with E-state index < -0.39 is 37.2 Å². The standard InChI is InChI=1S/C19H23F5N6O2/c1-11(19(22,23)24)32-17-27-15(29-8-7-18(20,21)10-29)14(25)16(28-17)30(26)9-12-3-5-13(31-2)6-4-12/h3-6,11H,7-10,25-26H2,1-2H3/t11-/m0/s1. The first-order chi connectivity index (χ1) is 14.9. The first-order valence-electron chi connectivity index (χ1n) is 9.58. The number of nitrogens with two attached hydrogens (primary N) is 2. The van der Waals surface area contributed by atoms with Crippen LogP contribution in [0.4, 0.5) is 39.3 Å². The summed E-state index contributed by atoms with van der Waals surface area (Å²) in [5.74, 6) is 3.41. The van der Waals surface area contributed by atoms with Gasteiger partial charge < -0.3 is 20.1 Å². The van der Waals surface area contributed by atoms with E-state index >= 15 is 0 Å². The number of hydrazine groups is 1. The van der Waals surface area contributed by atoms with E-state index in [0.29, 0.717) is 11.3 Å². The summed E-state index contributed by atoms with van der Waals surface area (Å²) in [4.78, 5) is 8.98. The molecule has 1 saturated heterocycles. The largest absolute Gasteiger partial charge is 0.497 e. The van der Waals surface area contributed by atoms with E-state index in [0.717, 1.165) is 11.9 Å². The highest BCUT2D eigenvalue weighted by atomic mass is 19.4. The topological polar surface area (TPSA) is 103 Å². The molecule has 0 radical (unpaired) electrons. The lowest BCUT2D eigenvalue weighted by Gasteiger charge is -2.25. The maximum absolute atomic E-state index is 13.7. The van der Waals surface area contributed by atoms with Gasteiger partial charge in [-0.3, -0.25) is 5.01 Å². The van der Waals surface area contributed by atoms with E-state index in [9.17, 15) is 22.0 Å². The number of nitrogens with zero attached hydrogens (tertiary/aromatic N) is 4. The number of nitrogen functional groups attached to an aromatic ring is 1. The van der Waals surface area contributed by atoms with Gasteiger partial charge in [-0.25, -0.2) is 14.6 Å². The van der Waals surface area contributed by atoms with Crippen molar-refractivity contribution in [1.82, 2.24) is 9.97 Å². The number of rotatable bonds is 7. The van der Waals surface area contributed by atoms with Crippen molar-refractivity contribution in [2.24, 2.45) is 5.84 Å². The van der Waals surface area contributed by atoms with Gasteiger partial charge in [-0.05, 0) is 24.6 Å². The SMILES string of the molecule is COc1ccc(CN(N)c2nc(O[C@@H](C)C(F)(F)F)nc(N3CCC(F)(F)C3)c2N)cc1. The van der Waals surface area contributed by atoms with Crippen LogP contribution in [0.25, 0.3) is 0 Å². The molecule has 0 spiro atoms. The van der Waals surface area contributed by atoms with Crippen LogP contribution in [0.3, 0.4) is 0 Å². The summed E-state index contributed by atoms with van der Waals surface area (Å²) in [6, 6.07) is 6.17. The fraction of sp³-hybridized carbons (Fsp3) is 0.474. The van der Waals surface area contributed by atoms with Crippen molar-refractivity contribution in [3.8, 4) is 11.8 Å². The van der Waals surface area contributed by atoms with Crippen LogP contribution in [-0.2, 0) is 6.54 Å². The monoisotopic (exact) mass is 462 g/mol. The molecule has 8 nitrogen and oxygen atoms in total. The third kappa shape index (κ3) is 5.39. The van der Waals surface area contributed by atoms with Crippen LogP contribution in [0.15, 0.2) is 24.3 Å². The van der Waals surface area contributed by atoms with Crippen molar-refractivity contribution < 1.29 is 31.4 Å². The van der Waals surface area contributed by atoms with Gasteiger partial charge >= 0.3 is 12.2 Å². The molecule has 1 aromatic carbocycles. The van der Waals surface area contributed by atoms with Gasteiger partial charge in [0.1, 0.15) is 11.4 Å². The number of aromatic nitrogens is 2. The predicted molar refractivity (Wildman–Crippen MR) is 108 cm³/mol. The molecular formula is C19H23F5N6O2. The van der Waals surface area contributed by atoms with Gasteiger partial charge in [0.05, 0.1) is 20.2 Å². The summed E-state index contributed by atoms with van der Waals surface area (Å²) >= 11 is 0. The van der Waals surface area contributed by atoms with Gasteiger partial charge in [0.15, 0.2) is 17.7 Å². The molecule has 0 amide bonds. The molecule has 176 valence electrons. The van der Waals surface area contributed by atoms with E-state index in [1.54, 1.807) is 24.3 Å². The molecular weight excluding hydrogens is 439 g/mol. The van der Waals surface area contributed by atoms with E-state index in [1.165, 1.54) is 12.0 Å². The molecule has 4 N–H and O–H groups in total. The zero-order valence-corrected chi connectivity index (χ0v) is 17.4. The Morgan fingerprint density at radius 1 is 1.22 bits per heavy atom. The zero-order valence-electron chi connectivity index (χ0n) is 17.4. The molecule has 1 aromatic heterocycles. The first-order valence-corrected chi connectivity index (χ1v) is 9.58. The van der Waals surface area contributed by atoms with Gasteiger partial charge in [-0.2, -0.15) is 23.1 Å². The molecule has 2 heterocycles. The maximum Gasteiger partial charge on any atom is 0.425 e. The van der Waals surface area contributed by atoms with Crippen LogP contribution in [0.5, 0.6) is 11.8 Å². The summed E-state index contributed by atoms with van der Waals surface area (Å²) in [5.41, 5.74) is 6.67. The molecule has 1 atom stereocenters. The molecule has 1 aliphatic rings. The van der Waals surface area contributed by atoms with E-state index in [4.69, 9.17) is 21.1 Å². The Balaban J connectivity index is 1.95. The Kier molecular flexibility index (Phi) is 6.49. The van der Waals surface area contributed by atoms with Crippen molar-refractivity contribution in [2.45, 2.75) is 38.1 Å². The first kappa shape index (κ1) is 23.6. The van der Waals surface area contributed by atoms with E-state index in [2.05, 4.69) is 9.97 Å². The lowest BCUT2D eigenvalue weighted by molar-refractivity contribution is -0.190. The van der Waals surface area contributed by atoms with Gasteiger partial charge in [-0.1, -0.05) is 12.1 Å². The summed E-state index contributed by atoms with van der Waals surface area (Å²) in [5, 5.41) is 1.08. The van der Waals surface area contributed by atoms with Crippen LogP contribution >= 0.6 is 0 Å². The third-order valence-electron chi connectivity index (χ3n) is 4.88. The average molecular weight is 462 g/mol. The second-order valence-electron chi connectivity index (χ2n) is 7.37. The molecule has 0 unspecified atom stereocenters. The second-order valence-corrected chi connectivity index (χ2v) is 7.37. The highest BCUT2D eigenvalue weighted by Gasteiger charge is 2.41. The number of hydrogen-bond donors (Lipinski definition) is 2. The molecule has 0 aliphatic carbocycles. The van der Waals surface area contributed by atoms with Crippen molar-refractivity contribution in [3.63, 3.8) is 0 Å². The lowest BCUT2D eigenvalue weighted by Crippen LogP contribution is -2.35. The number of benzene rings is 1. The lowest BCUT2D eigenvalue weighted by atomic mass is 10.2. The zero-order chi connectivity index (χ0) is 23.7. The van der Waals surface area contributed by atoms with Crippen LogP contribution in [0.1, 0.15) is 18.9 Å². The van der Waals surface area contributed by atoms with Crippen molar-refractivity contribution >= 4 is 17.3 Å². The molecule has 0 bridgehead atoms. The summed E-state index contributed by atoms with van der Waals surface area (Å²) in [6.07, 6.45) is -7.37. The minimum atomic E-state index is -4.68. The van der Waals surface area contributed by atoms with Gasteiger partial charge in [0, 0.05) is 13.0 Å². The highest BCUT2D eigenvalue weighted by molar-refractivity contribution is 5.76. The molecule has 1 fully saturated rings. The van der Waals surface area contributed by atoms with Crippen molar-refractivity contribution in [1.29, 1.82) is 0 Å². The second kappa shape index (κ2) is 8.81. The Labute approximate surface area is 180 Å². The molecule has 32 heavy (non-hydrogen) atoms. The predicted octanol–water partition coefficient (Wildman–Crippen LogP) is 3.12. The van der Waals surface area contributed by atoms with Crippen LogP contribution in [-0.4, -0.2) is 48.4 Å². The van der Waals surface area contributed by atoms with Gasteiger partial charge in [0.2, 0.25) is 0 Å². The molecule has 3 rings (SSSR count). The van der Waals surface area contributed by atoms with Crippen LogP contribution in [0, 0.1) is 0 Å². The van der Waals surface area contributed by atoms with E-state index in [-0.39, 0.29) is 30.4 Å². The fourth-order valence-corrected chi connectivity index (χ4v) is 3.08. The Morgan fingerprint density at radius 2 is 1.88 bits per heavy atom. The molecule has 13 heteroatoms. The minimum Gasteiger partial charge on any atom is -0.497 e. The highest BCUT2D eigenvalue weighted by Crippen LogP contribution is 2.37. The average Bonchev–Trinajstić information content (AvgIpc) is 3.08. The minimum absolute atomic E-state index is 0.0646. The number of methoxy groups -OCH3 is 1. The Hall–Kier alpha value is -3.09. The van der Waals surface area contributed by atoms with Crippen LogP contribution < -0.4 is 31.0 Å². The number of halogens is 5. The van der Waals surface area contributed by atoms with Crippen LogP contribution in [0.2, 0.25) is 0 Å². The number of ether oxygens (including phenoxy) is 2. The fourth-order valence-electron chi connectivity index (χ4n) is 3.08. The normalized spacial score (nSPS) is 16.7. The smallest absolute Gasteiger partial charge is 0.425 e.